The summed E-state index contributed by atoms with van der Waals surface area (Å²) >= 11 is 0. The lowest BCUT2D eigenvalue weighted by atomic mass is 10.1. The normalized spacial score (nSPS) is 10.8. The van der Waals surface area contributed by atoms with Crippen molar-refractivity contribution in [3.8, 4) is 22.7 Å². The second-order valence-corrected chi connectivity index (χ2v) is 6.35. The molecular weight excluding hydrogens is 342 g/mol. The largest absolute Gasteiger partial charge is 0.491 e. The topological polar surface area (TPSA) is 79.4 Å². The van der Waals surface area contributed by atoms with Gasteiger partial charge >= 0.3 is 5.97 Å². The maximum absolute atomic E-state index is 11.9. The summed E-state index contributed by atoms with van der Waals surface area (Å²) in [5.41, 5.74) is 9.10. The van der Waals surface area contributed by atoms with E-state index < -0.39 is 0 Å². The highest BCUT2D eigenvalue weighted by Gasteiger charge is 2.12. The maximum atomic E-state index is 11.9. The number of nitrogens with zero attached hydrogens (tertiary/aromatic N) is 2. The second-order valence-electron chi connectivity index (χ2n) is 6.35. The predicted octanol–water partition coefficient (Wildman–Crippen LogP) is 4.09. The summed E-state index contributed by atoms with van der Waals surface area (Å²) in [6, 6.07) is 11.1. The molecule has 0 amide bonds. The highest BCUT2D eigenvalue weighted by molar-refractivity contribution is 5.89. The van der Waals surface area contributed by atoms with E-state index in [0.717, 1.165) is 16.9 Å². The van der Waals surface area contributed by atoms with E-state index in [1.807, 2.05) is 44.3 Å². The van der Waals surface area contributed by atoms with Crippen molar-refractivity contribution < 1.29 is 14.3 Å². The van der Waals surface area contributed by atoms with E-state index in [2.05, 4.69) is 4.98 Å². The molecular formula is C21H23N3O3. The molecule has 2 heterocycles. The SMILES string of the molecule is CCOC(=O)c1ccnc(-n2cc(N)c(-c3cccc(OC(C)C)c3)c2)c1. The van der Waals surface area contributed by atoms with E-state index in [1.54, 1.807) is 36.0 Å². The number of hydrogen-bond acceptors (Lipinski definition) is 5. The number of aromatic nitrogens is 2. The van der Waals surface area contributed by atoms with Crippen LogP contribution in [0.15, 0.2) is 55.0 Å². The maximum Gasteiger partial charge on any atom is 0.338 e. The summed E-state index contributed by atoms with van der Waals surface area (Å²) in [6.45, 7) is 6.07. The van der Waals surface area contributed by atoms with Crippen LogP contribution in [-0.2, 0) is 4.74 Å². The monoisotopic (exact) mass is 365 g/mol. The Kier molecular flexibility index (Phi) is 5.45. The van der Waals surface area contributed by atoms with Gasteiger partial charge in [-0.1, -0.05) is 12.1 Å². The van der Waals surface area contributed by atoms with Gasteiger partial charge in [0.25, 0.3) is 0 Å². The first kappa shape index (κ1) is 18.5. The lowest BCUT2D eigenvalue weighted by Crippen LogP contribution is -2.06. The minimum atomic E-state index is -0.375. The Morgan fingerprint density at radius 3 is 2.78 bits per heavy atom. The Hall–Kier alpha value is -3.28. The highest BCUT2D eigenvalue weighted by atomic mass is 16.5. The molecule has 0 atom stereocenters. The van der Waals surface area contributed by atoms with Crippen LogP contribution in [0.1, 0.15) is 31.1 Å². The van der Waals surface area contributed by atoms with Crippen LogP contribution in [0, 0.1) is 0 Å². The molecule has 0 saturated carbocycles. The van der Waals surface area contributed by atoms with Crippen LogP contribution in [0.2, 0.25) is 0 Å². The van der Waals surface area contributed by atoms with Gasteiger partial charge in [0.15, 0.2) is 0 Å². The Labute approximate surface area is 158 Å². The number of pyridine rings is 1. The zero-order chi connectivity index (χ0) is 19.4. The van der Waals surface area contributed by atoms with Crippen LogP contribution in [0.25, 0.3) is 16.9 Å². The average molecular weight is 365 g/mol. The third-order valence-corrected chi connectivity index (χ3v) is 3.90. The molecule has 6 nitrogen and oxygen atoms in total. The molecule has 3 aromatic rings. The lowest BCUT2D eigenvalue weighted by molar-refractivity contribution is 0.0526. The summed E-state index contributed by atoms with van der Waals surface area (Å²) in [4.78, 5) is 16.3. The quantitative estimate of drug-likeness (QED) is 0.666. The Balaban J connectivity index is 1.93. The van der Waals surface area contributed by atoms with Crippen LogP contribution in [0.3, 0.4) is 0 Å². The van der Waals surface area contributed by atoms with E-state index in [9.17, 15) is 4.79 Å². The second kappa shape index (κ2) is 7.95. The molecule has 3 rings (SSSR count). The van der Waals surface area contributed by atoms with Gasteiger partial charge < -0.3 is 19.8 Å². The zero-order valence-electron chi connectivity index (χ0n) is 15.7. The van der Waals surface area contributed by atoms with Gasteiger partial charge in [-0.3, -0.25) is 0 Å². The van der Waals surface area contributed by atoms with Crippen LogP contribution in [0.4, 0.5) is 5.69 Å². The first-order valence-corrected chi connectivity index (χ1v) is 8.86. The number of nitrogens with two attached hydrogens (primary N) is 1. The Morgan fingerprint density at radius 1 is 1.22 bits per heavy atom. The third-order valence-electron chi connectivity index (χ3n) is 3.90. The van der Waals surface area contributed by atoms with Crippen molar-refractivity contribution in [2.24, 2.45) is 0 Å². The smallest absolute Gasteiger partial charge is 0.338 e. The molecule has 1 aromatic carbocycles. The fourth-order valence-corrected chi connectivity index (χ4v) is 2.75. The first-order chi connectivity index (χ1) is 13.0. The summed E-state index contributed by atoms with van der Waals surface area (Å²) in [5, 5.41) is 0. The van der Waals surface area contributed by atoms with E-state index in [0.29, 0.717) is 23.7 Å². The third kappa shape index (κ3) is 4.28. The standard InChI is InChI=1S/C21H23N3O3/c1-4-26-21(25)16-8-9-23-20(11-16)24-12-18(19(22)13-24)15-6-5-7-17(10-15)27-14(2)3/h5-14H,4,22H2,1-3H3. The van der Waals surface area contributed by atoms with Gasteiger partial charge in [0.1, 0.15) is 11.6 Å². The minimum Gasteiger partial charge on any atom is -0.491 e. The number of ether oxygens (including phenoxy) is 2. The van der Waals surface area contributed by atoms with Crippen LogP contribution in [0.5, 0.6) is 5.75 Å². The van der Waals surface area contributed by atoms with E-state index in [1.165, 1.54) is 0 Å². The molecule has 0 radical (unpaired) electrons. The van der Waals surface area contributed by atoms with Gasteiger partial charge in [0.2, 0.25) is 0 Å². The fourth-order valence-electron chi connectivity index (χ4n) is 2.75. The molecule has 0 bridgehead atoms. The van der Waals surface area contributed by atoms with Gasteiger partial charge in [0, 0.05) is 24.2 Å². The minimum absolute atomic E-state index is 0.0945. The van der Waals surface area contributed by atoms with Crippen molar-refractivity contribution in [2.75, 3.05) is 12.3 Å². The number of carbonyl (C=O) groups excluding carboxylic acids is 1. The number of rotatable bonds is 6. The van der Waals surface area contributed by atoms with Gasteiger partial charge in [0.05, 0.1) is 24.0 Å². The van der Waals surface area contributed by atoms with Crippen LogP contribution in [-0.4, -0.2) is 28.2 Å². The van der Waals surface area contributed by atoms with Crippen molar-refractivity contribution >= 4 is 11.7 Å². The number of esters is 1. The molecule has 0 aliphatic heterocycles. The lowest BCUT2D eigenvalue weighted by Gasteiger charge is -2.10. The van der Waals surface area contributed by atoms with E-state index >= 15 is 0 Å². The van der Waals surface area contributed by atoms with Gasteiger partial charge in [-0.15, -0.1) is 0 Å². The van der Waals surface area contributed by atoms with Crippen molar-refractivity contribution in [3.63, 3.8) is 0 Å². The molecule has 2 N–H and O–H groups in total. The predicted molar refractivity (Wildman–Crippen MR) is 105 cm³/mol. The highest BCUT2D eigenvalue weighted by Crippen LogP contribution is 2.31. The molecule has 140 valence electrons. The van der Waals surface area contributed by atoms with Gasteiger partial charge in [-0.2, -0.15) is 0 Å². The van der Waals surface area contributed by atoms with Crippen molar-refractivity contribution in [3.05, 3.63) is 60.6 Å². The van der Waals surface area contributed by atoms with Crippen molar-refractivity contribution in [2.45, 2.75) is 26.9 Å². The number of benzene rings is 1. The van der Waals surface area contributed by atoms with Gasteiger partial charge in [-0.25, -0.2) is 9.78 Å². The molecule has 0 aliphatic carbocycles. The fraction of sp³-hybridized carbons (Fsp3) is 0.238. The first-order valence-electron chi connectivity index (χ1n) is 8.86. The van der Waals surface area contributed by atoms with Crippen molar-refractivity contribution in [1.29, 1.82) is 0 Å². The number of anilines is 1. The molecule has 27 heavy (non-hydrogen) atoms. The zero-order valence-corrected chi connectivity index (χ0v) is 15.7. The number of nitrogen functional groups attached to an aromatic ring is 1. The molecule has 0 fully saturated rings. The average Bonchev–Trinajstić information content (AvgIpc) is 3.03. The van der Waals surface area contributed by atoms with E-state index in [-0.39, 0.29) is 12.1 Å². The van der Waals surface area contributed by atoms with Crippen LogP contribution < -0.4 is 10.5 Å². The Bertz CT molecular complexity index is 947. The summed E-state index contributed by atoms with van der Waals surface area (Å²) < 4.78 is 12.6. The van der Waals surface area contributed by atoms with Crippen LogP contribution >= 0.6 is 0 Å². The molecule has 0 spiro atoms. The van der Waals surface area contributed by atoms with Gasteiger partial charge in [-0.05, 0) is 50.6 Å². The number of hydrogen-bond donors (Lipinski definition) is 1. The molecule has 2 aromatic heterocycles. The Morgan fingerprint density at radius 2 is 2.04 bits per heavy atom. The molecule has 0 aliphatic rings. The van der Waals surface area contributed by atoms with E-state index in [4.69, 9.17) is 15.2 Å². The summed E-state index contributed by atoms with van der Waals surface area (Å²) in [6.07, 6.45) is 5.34. The molecule has 0 unspecified atom stereocenters. The summed E-state index contributed by atoms with van der Waals surface area (Å²) in [5.74, 6) is 1.00. The number of carbonyl (C=O) groups is 1. The molecule has 6 heteroatoms. The van der Waals surface area contributed by atoms with Crippen molar-refractivity contribution in [1.82, 2.24) is 9.55 Å². The summed E-state index contributed by atoms with van der Waals surface area (Å²) in [7, 11) is 0. The molecule has 0 saturated heterocycles.